The van der Waals surface area contributed by atoms with Gasteiger partial charge >= 0.3 is 0 Å². The highest BCUT2D eigenvalue weighted by atomic mass is 14.1. The fourth-order valence-corrected chi connectivity index (χ4v) is 2.13. The van der Waals surface area contributed by atoms with Gasteiger partial charge in [0.2, 0.25) is 0 Å². The van der Waals surface area contributed by atoms with Gasteiger partial charge in [-0.25, -0.2) is 0 Å². The van der Waals surface area contributed by atoms with Crippen molar-refractivity contribution in [1.29, 1.82) is 0 Å². The SMILES string of the molecule is CC(C)[B]c1c(C(C)C)cccc1C(C)C. The molecule has 1 rings (SSSR count). The minimum atomic E-state index is 0.601. The minimum Gasteiger partial charge on any atom is -0.0807 e. The highest BCUT2D eigenvalue weighted by molar-refractivity contribution is 6.56. The van der Waals surface area contributed by atoms with Gasteiger partial charge in [0, 0.05) is 0 Å². The molecule has 0 unspecified atom stereocenters. The van der Waals surface area contributed by atoms with E-state index in [4.69, 9.17) is 0 Å². The predicted octanol–water partition coefficient (Wildman–Crippen LogP) is 4.09. The molecule has 0 spiro atoms. The smallest absolute Gasteiger partial charge is 0.0807 e. The fraction of sp³-hybridized carbons (Fsp3) is 0.600. The van der Waals surface area contributed by atoms with Gasteiger partial charge in [-0.2, -0.15) is 0 Å². The molecular weight excluding hydrogens is 191 g/mol. The van der Waals surface area contributed by atoms with Crippen molar-refractivity contribution in [2.24, 2.45) is 0 Å². The van der Waals surface area contributed by atoms with E-state index in [9.17, 15) is 0 Å². The Kier molecular flexibility index (Phi) is 4.64. The second-order valence-corrected chi connectivity index (χ2v) is 5.57. The number of hydrogen-bond donors (Lipinski definition) is 0. The lowest BCUT2D eigenvalue weighted by molar-refractivity contribution is 0.844. The van der Waals surface area contributed by atoms with Crippen LogP contribution in [-0.4, -0.2) is 7.28 Å². The van der Waals surface area contributed by atoms with E-state index in [1.165, 1.54) is 16.6 Å². The summed E-state index contributed by atoms with van der Waals surface area (Å²) in [5.74, 6) is 1.81. The predicted molar refractivity (Wildman–Crippen MR) is 75.1 cm³/mol. The van der Waals surface area contributed by atoms with E-state index >= 15 is 0 Å². The number of rotatable bonds is 4. The average molecular weight is 215 g/mol. The van der Waals surface area contributed by atoms with Crippen molar-refractivity contribution < 1.29 is 0 Å². The van der Waals surface area contributed by atoms with Crippen LogP contribution in [0, 0.1) is 0 Å². The topological polar surface area (TPSA) is 0 Å². The van der Waals surface area contributed by atoms with Crippen LogP contribution in [0.2, 0.25) is 5.82 Å². The lowest BCUT2D eigenvalue weighted by atomic mass is 9.56. The largest absolute Gasteiger partial charge is 0.155 e. The molecular formula is C15H24B. The molecule has 1 radical (unpaired) electrons. The molecule has 0 aliphatic heterocycles. The van der Waals surface area contributed by atoms with Gasteiger partial charge in [-0.3, -0.25) is 0 Å². The first kappa shape index (κ1) is 13.4. The molecule has 0 amide bonds. The molecule has 87 valence electrons. The zero-order chi connectivity index (χ0) is 12.3. The first-order valence-corrected chi connectivity index (χ1v) is 6.41. The molecule has 0 aromatic heterocycles. The molecule has 0 atom stereocenters. The summed E-state index contributed by atoms with van der Waals surface area (Å²) in [4.78, 5) is 0. The molecule has 0 N–H and O–H groups in total. The number of benzene rings is 1. The van der Waals surface area contributed by atoms with Crippen LogP contribution in [0.4, 0.5) is 0 Å². The minimum absolute atomic E-state index is 0.601. The Labute approximate surface area is 102 Å². The van der Waals surface area contributed by atoms with Crippen molar-refractivity contribution in [2.75, 3.05) is 0 Å². The van der Waals surface area contributed by atoms with E-state index in [1.807, 2.05) is 0 Å². The quantitative estimate of drug-likeness (QED) is 0.663. The van der Waals surface area contributed by atoms with E-state index < -0.39 is 0 Å². The van der Waals surface area contributed by atoms with Gasteiger partial charge in [0.1, 0.15) is 0 Å². The standard InChI is InChI=1S/C15H24B/c1-10(2)13-8-7-9-14(11(3)4)15(13)16-12(5)6/h7-12H,1-6H3. The van der Waals surface area contributed by atoms with Crippen molar-refractivity contribution in [1.82, 2.24) is 0 Å². The summed E-state index contributed by atoms with van der Waals surface area (Å²) in [6, 6.07) is 6.73. The number of hydrogen-bond acceptors (Lipinski definition) is 0. The lowest BCUT2D eigenvalue weighted by Gasteiger charge is -2.20. The van der Waals surface area contributed by atoms with Crippen LogP contribution in [-0.2, 0) is 0 Å². The Bertz CT molecular complexity index is 311. The van der Waals surface area contributed by atoms with Crippen LogP contribution in [0.15, 0.2) is 18.2 Å². The summed E-state index contributed by atoms with van der Waals surface area (Å²) in [5.41, 5.74) is 4.45. The van der Waals surface area contributed by atoms with Crippen LogP contribution in [0.5, 0.6) is 0 Å². The Hall–Kier alpha value is -0.715. The van der Waals surface area contributed by atoms with E-state index in [0.29, 0.717) is 17.7 Å². The van der Waals surface area contributed by atoms with E-state index in [-0.39, 0.29) is 0 Å². The first-order chi connectivity index (χ1) is 7.43. The van der Waals surface area contributed by atoms with Gasteiger partial charge in [0.05, 0.1) is 0 Å². The molecule has 0 fully saturated rings. The molecule has 0 heterocycles. The van der Waals surface area contributed by atoms with Crippen LogP contribution in [0.1, 0.15) is 64.5 Å². The summed E-state index contributed by atoms with van der Waals surface area (Å²) >= 11 is 0. The second kappa shape index (κ2) is 5.56. The van der Waals surface area contributed by atoms with E-state index in [2.05, 4.69) is 67.0 Å². The van der Waals surface area contributed by atoms with Gasteiger partial charge in [0.25, 0.3) is 0 Å². The summed E-state index contributed by atoms with van der Waals surface area (Å²) in [7, 11) is 2.41. The fourth-order valence-electron chi connectivity index (χ4n) is 2.13. The average Bonchev–Trinajstić information content (AvgIpc) is 2.16. The molecule has 16 heavy (non-hydrogen) atoms. The first-order valence-electron chi connectivity index (χ1n) is 6.41. The zero-order valence-corrected chi connectivity index (χ0v) is 11.5. The third-order valence-electron chi connectivity index (χ3n) is 2.92. The van der Waals surface area contributed by atoms with Crippen LogP contribution < -0.4 is 5.46 Å². The Morgan fingerprint density at radius 2 is 1.25 bits per heavy atom. The van der Waals surface area contributed by atoms with Crippen LogP contribution in [0.25, 0.3) is 0 Å². The van der Waals surface area contributed by atoms with Crippen LogP contribution in [0.3, 0.4) is 0 Å². The van der Waals surface area contributed by atoms with Crippen molar-refractivity contribution in [3.8, 4) is 0 Å². The molecule has 1 aromatic rings. The summed E-state index contributed by atoms with van der Waals surface area (Å²) < 4.78 is 0. The monoisotopic (exact) mass is 215 g/mol. The van der Waals surface area contributed by atoms with E-state index in [1.54, 1.807) is 0 Å². The summed E-state index contributed by atoms with van der Waals surface area (Å²) in [6.07, 6.45) is 0. The molecule has 0 aliphatic carbocycles. The maximum Gasteiger partial charge on any atom is 0.155 e. The normalized spacial score (nSPS) is 11.6. The Morgan fingerprint density at radius 1 is 0.812 bits per heavy atom. The van der Waals surface area contributed by atoms with Gasteiger partial charge in [-0.05, 0) is 11.8 Å². The zero-order valence-electron chi connectivity index (χ0n) is 11.5. The van der Waals surface area contributed by atoms with Crippen molar-refractivity contribution in [2.45, 2.75) is 59.2 Å². The molecule has 0 saturated carbocycles. The van der Waals surface area contributed by atoms with Gasteiger partial charge in [-0.15, -0.1) is 0 Å². The van der Waals surface area contributed by atoms with Gasteiger partial charge in [0.15, 0.2) is 7.28 Å². The van der Waals surface area contributed by atoms with Crippen molar-refractivity contribution in [3.63, 3.8) is 0 Å². The Morgan fingerprint density at radius 3 is 1.56 bits per heavy atom. The highest BCUT2D eigenvalue weighted by Gasteiger charge is 2.14. The summed E-state index contributed by atoms with van der Waals surface area (Å²) in [5, 5.41) is 0. The highest BCUT2D eigenvalue weighted by Crippen LogP contribution is 2.19. The molecule has 0 bridgehead atoms. The molecule has 1 aromatic carbocycles. The van der Waals surface area contributed by atoms with Gasteiger partial charge < -0.3 is 0 Å². The van der Waals surface area contributed by atoms with Crippen molar-refractivity contribution in [3.05, 3.63) is 29.3 Å². The van der Waals surface area contributed by atoms with Crippen molar-refractivity contribution >= 4 is 12.7 Å². The maximum atomic E-state index is 2.41. The maximum absolute atomic E-state index is 2.41. The Balaban J connectivity index is 3.23. The lowest BCUT2D eigenvalue weighted by Crippen LogP contribution is -2.27. The third kappa shape index (κ3) is 3.14. The van der Waals surface area contributed by atoms with E-state index in [0.717, 1.165) is 0 Å². The summed E-state index contributed by atoms with van der Waals surface area (Å²) in [6.45, 7) is 13.6. The molecule has 1 heteroatoms. The third-order valence-corrected chi connectivity index (χ3v) is 2.92. The molecule has 0 aliphatic rings. The molecule has 0 saturated heterocycles. The second-order valence-electron chi connectivity index (χ2n) is 5.57. The van der Waals surface area contributed by atoms with Gasteiger partial charge in [-0.1, -0.05) is 82.1 Å². The van der Waals surface area contributed by atoms with Crippen LogP contribution >= 0.6 is 0 Å². The molecule has 0 nitrogen and oxygen atoms in total.